The van der Waals surface area contributed by atoms with Crippen LogP contribution in [-0.2, 0) is 14.8 Å². The van der Waals surface area contributed by atoms with Crippen LogP contribution in [0.4, 0.5) is 0 Å². The van der Waals surface area contributed by atoms with Gasteiger partial charge in [-0.2, -0.15) is 0 Å². The van der Waals surface area contributed by atoms with Crippen LogP contribution in [0.3, 0.4) is 0 Å². The minimum Gasteiger partial charge on any atom is -0.340 e. The van der Waals surface area contributed by atoms with Gasteiger partial charge in [-0.1, -0.05) is 12.1 Å². The van der Waals surface area contributed by atoms with Crippen molar-refractivity contribution in [3.63, 3.8) is 0 Å². The number of carbonyl (C=O) groups excluding carboxylic acids is 2. The van der Waals surface area contributed by atoms with Crippen molar-refractivity contribution in [1.29, 1.82) is 0 Å². The van der Waals surface area contributed by atoms with E-state index in [-0.39, 0.29) is 23.1 Å². The van der Waals surface area contributed by atoms with Crippen molar-refractivity contribution >= 4 is 21.7 Å². The molecule has 1 aliphatic heterocycles. The number of hydrogen-bond acceptors (Lipinski definition) is 5. The topological polar surface area (TPSA) is 86.8 Å². The van der Waals surface area contributed by atoms with Gasteiger partial charge in [0.05, 0.1) is 4.90 Å². The summed E-state index contributed by atoms with van der Waals surface area (Å²) in [5.74, 6) is -0.0400. The Morgan fingerprint density at radius 3 is 2.32 bits per heavy atom. The number of piperazine rings is 1. The maximum Gasteiger partial charge on any atom is 0.242 e. The van der Waals surface area contributed by atoms with Crippen molar-refractivity contribution in [3.8, 4) is 0 Å². The predicted octanol–water partition coefficient (Wildman–Crippen LogP) is 0.722. The lowest BCUT2D eigenvalue weighted by molar-refractivity contribution is -0.131. The summed E-state index contributed by atoms with van der Waals surface area (Å²) >= 11 is 0. The van der Waals surface area contributed by atoms with E-state index in [2.05, 4.69) is 5.32 Å². The lowest BCUT2D eigenvalue weighted by Gasteiger charge is -2.27. The summed E-state index contributed by atoms with van der Waals surface area (Å²) in [4.78, 5) is 25.3. The van der Waals surface area contributed by atoms with E-state index in [1.165, 1.54) is 42.5 Å². The van der Waals surface area contributed by atoms with E-state index >= 15 is 0 Å². The molecule has 25 heavy (non-hydrogen) atoms. The highest BCUT2D eigenvalue weighted by atomic mass is 32.2. The van der Waals surface area contributed by atoms with Crippen molar-refractivity contribution in [2.75, 3.05) is 39.8 Å². The largest absolute Gasteiger partial charge is 0.340 e. The van der Waals surface area contributed by atoms with Crippen molar-refractivity contribution < 1.29 is 18.0 Å². The average Bonchev–Trinajstić information content (AvgIpc) is 2.62. The number of ketones is 1. The lowest BCUT2D eigenvalue weighted by Crippen LogP contribution is -2.46. The van der Waals surface area contributed by atoms with Gasteiger partial charge in [-0.15, -0.1) is 0 Å². The van der Waals surface area contributed by atoms with Gasteiger partial charge in [-0.3, -0.25) is 9.59 Å². The fourth-order valence-electron chi connectivity index (χ4n) is 2.69. The Morgan fingerprint density at radius 1 is 1.16 bits per heavy atom. The van der Waals surface area contributed by atoms with Crippen LogP contribution in [0.2, 0.25) is 0 Å². The number of carbonyl (C=O) groups is 2. The van der Waals surface area contributed by atoms with Gasteiger partial charge in [-0.05, 0) is 25.5 Å². The number of sulfonamides is 1. The van der Waals surface area contributed by atoms with Crippen LogP contribution in [0.1, 0.15) is 30.1 Å². The van der Waals surface area contributed by atoms with Crippen molar-refractivity contribution in [2.24, 2.45) is 0 Å². The molecule has 1 fully saturated rings. The third-order valence-electron chi connectivity index (χ3n) is 4.30. The average molecular weight is 367 g/mol. The highest BCUT2D eigenvalue weighted by molar-refractivity contribution is 7.89. The first-order valence-corrected chi connectivity index (χ1v) is 9.82. The SMILES string of the molecule is CC(=O)c1ccc(S(=O)(=O)N(C)CCCC(=O)N2CCNCC2)cc1. The number of amides is 1. The molecule has 7 nitrogen and oxygen atoms in total. The minimum absolute atomic E-state index is 0.0677. The second kappa shape index (κ2) is 8.55. The van der Waals surface area contributed by atoms with Gasteiger partial charge >= 0.3 is 0 Å². The minimum atomic E-state index is -3.62. The lowest BCUT2D eigenvalue weighted by atomic mass is 10.2. The Hall–Kier alpha value is -1.77. The molecule has 0 aliphatic carbocycles. The number of benzene rings is 1. The van der Waals surface area contributed by atoms with E-state index < -0.39 is 10.0 Å². The van der Waals surface area contributed by atoms with E-state index in [1.807, 2.05) is 4.90 Å². The van der Waals surface area contributed by atoms with Crippen LogP contribution in [0.15, 0.2) is 29.2 Å². The molecule has 1 aromatic rings. The fourth-order valence-corrected chi connectivity index (χ4v) is 3.90. The van der Waals surface area contributed by atoms with Crippen molar-refractivity contribution in [3.05, 3.63) is 29.8 Å². The van der Waals surface area contributed by atoms with E-state index in [0.717, 1.165) is 13.1 Å². The predicted molar refractivity (Wildman–Crippen MR) is 94.9 cm³/mol. The number of nitrogens with zero attached hydrogens (tertiary/aromatic N) is 2. The standard InChI is InChI=1S/C17H25N3O4S/c1-14(21)15-5-7-16(8-6-15)25(23,24)19(2)11-3-4-17(22)20-12-9-18-10-13-20/h5-8,18H,3-4,9-13H2,1-2H3. The molecule has 0 saturated carbocycles. The smallest absolute Gasteiger partial charge is 0.242 e. The number of hydrogen-bond donors (Lipinski definition) is 1. The Balaban J connectivity index is 1.89. The molecule has 1 aliphatic rings. The van der Waals surface area contributed by atoms with Crippen LogP contribution in [-0.4, -0.2) is 69.1 Å². The molecule has 8 heteroatoms. The summed E-state index contributed by atoms with van der Waals surface area (Å²) in [6.45, 7) is 4.72. The first-order valence-electron chi connectivity index (χ1n) is 8.38. The van der Waals surface area contributed by atoms with E-state index in [9.17, 15) is 18.0 Å². The van der Waals surface area contributed by atoms with Crippen LogP contribution >= 0.6 is 0 Å². The van der Waals surface area contributed by atoms with Crippen LogP contribution < -0.4 is 5.32 Å². The molecular weight excluding hydrogens is 342 g/mol. The Morgan fingerprint density at radius 2 is 1.76 bits per heavy atom. The zero-order chi connectivity index (χ0) is 18.4. The molecule has 1 heterocycles. The summed E-state index contributed by atoms with van der Waals surface area (Å²) in [5, 5.41) is 3.19. The molecule has 0 atom stereocenters. The van der Waals surface area contributed by atoms with Gasteiger partial charge in [0, 0.05) is 51.8 Å². The third-order valence-corrected chi connectivity index (χ3v) is 6.17. The van der Waals surface area contributed by atoms with Crippen LogP contribution in [0, 0.1) is 0 Å². The number of rotatable bonds is 7. The van der Waals surface area contributed by atoms with Gasteiger partial charge in [0.25, 0.3) is 0 Å². The van der Waals surface area contributed by atoms with Crippen LogP contribution in [0.5, 0.6) is 0 Å². The number of Topliss-reactive ketones (excluding diaryl/α,β-unsaturated/α-hetero) is 1. The van der Waals surface area contributed by atoms with Gasteiger partial charge < -0.3 is 10.2 Å². The Labute approximate surface area is 149 Å². The summed E-state index contributed by atoms with van der Waals surface area (Å²) in [5.41, 5.74) is 0.475. The summed E-state index contributed by atoms with van der Waals surface area (Å²) < 4.78 is 26.3. The summed E-state index contributed by atoms with van der Waals surface area (Å²) in [6.07, 6.45) is 0.813. The highest BCUT2D eigenvalue weighted by Crippen LogP contribution is 2.16. The van der Waals surface area contributed by atoms with E-state index in [4.69, 9.17) is 0 Å². The fraction of sp³-hybridized carbons (Fsp3) is 0.529. The second-order valence-electron chi connectivity index (χ2n) is 6.14. The van der Waals surface area contributed by atoms with E-state index in [1.54, 1.807) is 0 Å². The molecule has 1 amide bonds. The van der Waals surface area contributed by atoms with Crippen LogP contribution in [0.25, 0.3) is 0 Å². The van der Waals surface area contributed by atoms with Gasteiger partial charge in [-0.25, -0.2) is 12.7 Å². The Bertz CT molecular complexity index is 710. The maximum atomic E-state index is 12.5. The molecule has 0 unspecified atom stereocenters. The highest BCUT2D eigenvalue weighted by Gasteiger charge is 2.22. The molecule has 0 spiro atoms. The third kappa shape index (κ3) is 5.10. The molecule has 2 rings (SSSR count). The zero-order valence-corrected chi connectivity index (χ0v) is 15.5. The first kappa shape index (κ1) is 19.6. The Kier molecular flexibility index (Phi) is 6.69. The maximum absolute atomic E-state index is 12.5. The van der Waals surface area contributed by atoms with Gasteiger partial charge in [0.15, 0.2) is 5.78 Å². The first-order chi connectivity index (χ1) is 11.8. The van der Waals surface area contributed by atoms with Gasteiger partial charge in [0.2, 0.25) is 15.9 Å². The molecule has 0 aromatic heterocycles. The second-order valence-corrected chi connectivity index (χ2v) is 8.19. The molecule has 1 saturated heterocycles. The normalized spacial score (nSPS) is 15.4. The quantitative estimate of drug-likeness (QED) is 0.718. The summed E-state index contributed by atoms with van der Waals surface area (Å²) in [7, 11) is -2.11. The number of nitrogens with one attached hydrogen (secondary N) is 1. The van der Waals surface area contributed by atoms with Crippen molar-refractivity contribution in [2.45, 2.75) is 24.7 Å². The molecular formula is C17H25N3O4S. The summed E-state index contributed by atoms with van der Waals surface area (Å²) in [6, 6.07) is 5.90. The molecule has 0 bridgehead atoms. The van der Waals surface area contributed by atoms with Gasteiger partial charge in [0.1, 0.15) is 0 Å². The molecule has 1 aromatic carbocycles. The van der Waals surface area contributed by atoms with Crippen molar-refractivity contribution in [1.82, 2.24) is 14.5 Å². The zero-order valence-electron chi connectivity index (χ0n) is 14.7. The molecule has 1 N–H and O–H groups in total. The van der Waals surface area contributed by atoms with E-state index in [0.29, 0.717) is 31.5 Å². The monoisotopic (exact) mass is 367 g/mol. The molecule has 0 radical (unpaired) electrons. The molecule has 138 valence electrons.